The van der Waals surface area contributed by atoms with Gasteiger partial charge in [-0.1, -0.05) is 18.2 Å². The normalized spacial score (nSPS) is 15.3. The van der Waals surface area contributed by atoms with E-state index in [1.165, 1.54) is 23.1 Å². The summed E-state index contributed by atoms with van der Waals surface area (Å²) in [7, 11) is 0. The Balaban J connectivity index is 1.54. The van der Waals surface area contributed by atoms with E-state index in [0.29, 0.717) is 24.3 Å². The fraction of sp³-hybridized carbons (Fsp3) is 0.350. The van der Waals surface area contributed by atoms with E-state index in [1.54, 1.807) is 11.0 Å². The smallest absolute Gasteiger partial charge is 0.368 e. The van der Waals surface area contributed by atoms with Crippen LogP contribution in [0, 0.1) is 0 Å². The molecule has 2 aromatic carbocycles. The lowest BCUT2D eigenvalue weighted by Crippen LogP contribution is -2.51. The Morgan fingerprint density at radius 2 is 1.40 bits per heavy atom. The number of carbonyl (C=O) groups is 1. The summed E-state index contributed by atoms with van der Waals surface area (Å²) in [6, 6.07) is 9.26. The molecule has 30 heavy (non-hydrogen) atoms. The lowest BCUT2D eigenvalue weighted by molar-refractivity contribution is -0.138. The SMILES string of the molecule is O=C(NCc1cccc(C(F)(F)F)c1)N1CCN(c2cccc(C(F)(F)F)c2)CC1. The molecule has 162 valence electrons. The van der Waals surface area contributed by atoms with Crippen LogP contribution in [-0.4, -0.2) is 37.1 Å². The Labute approximate surface area is 169 Å². The number of piperazine rings is 1. The third kappa shape index (κ3) is 5.37. The molecule has 0 atom stereocenters. The number of nitrogens with zero attached hydrogens (tertiary/aromatic N) is 2. The lowest BCUT2D eigenvalue weighted by Gasteiger charge is -2.36. The van der Waals surface area contributed by atoms with Crippen LogP contribution < -0.4 is 10.2 Å². The first-order chi connectivity index (χ1) is 14.0. The molecule has 1 heterocycles. The first kappa shape index (κ1) is 21.8. The van der Waals surface area contributed by atoms with Crippen LogP contribution in [0.3, 0.4) is 0 Å². The number of amides is 2. The molecular formula is C20H19F6N3O. The fourth-order valence-corrected chi connectivity index (χ4v) is 3.19. The molecular weight excluding hydrogens is 412 g/mol. The number of carbonyl (C=O) groups excluding carboxylic acids is 1. The van der Waals surface area contributed by atoms with Crippen LogP contribution in [0.4, 0.5) is 36.8 Å². The van der Waals surface area contributed by atoms with Crippen LogP contribution in [-0.2, 0) is 18.9 Å². The minimum atomic E-state index is -4.46. The van der Waals surface area contributed by atoms with Crippen LogP contribution in [0.25, 0.3) is 0 Å². The molecule has 3 rings (SSSR count). The zero-order valence-corrected chi connectivity index (χ0v) is 15.7. The third-order valence-electron chi connectivity index (χ3n) is 4.80. The number of hydrogen-bond acceptors (Lipinski definition) is 2. The maximum Gasteiger partial charge on any atom is 0.416 e. The van der Waals surface area contributed by atoms with Crippen LogP contribution in [0.1, 0.15) is 16.7 Å². The highest BCUT2D eigenvalue weighted by Crippen LogP contribution is 2.32. The summed E-state index contributed by atoms with van der Waals surface area (Å²) in [4.78, 5) is 15.5. The molecule has 0 unspecified atom stereocenters. The Morgan fingerprint density at radius 3 is 2.00 bits per heavy atom. The number of urea groups is 1. The van der Waals surface area contributed by atoms with Gasteiger partial charge >= 0.3 is 18.4 Å². The van der Waals surface area contributed by atoms with Crippen molar-refractivity contribution in [1.82, 2.24) is 10.2 Å². The number of anilines is 1. The van der Waals surface area contributed by atoms with Crippen LogP contribution in [0.2, 0.25) is 0 Å². The Hall–Kier alpha value is -2.91. The van der Waals surface area contributed by atoms with Crippen molar-refractivity contribution >= 4 is 11.7 Å². The molecule has 1 N–H and O–H groups in total. The summed E-state index contributed by atoms with van der Waals surface area (Å²) in [6.07, 6.45) is -8.89. The molecule has 0 aromatic heterocycles. The van der Waals surface area contributed by atoms with Gasteiger partial charge in [0.2, 0.25) is 0 Å². The molecule has 1 aliphatic rings. The molecule has 1 aliphatic heterocycles. The first-order valence-corrected chi connectivity index (χ1v) is 9.15. The second-order valence-electron chi connectivity index (χ2n) is 6.88. The third-order valence-corrected chi connectivity index (χ3v) is 4.80. The molecule has 1 saturated heterocycles. The molecule has 1 fully saturated rings. The van der Waals surface area contributed by atoms with Gasteiger partial charge in [0.25, 0.3) is 0 Å². The van der Waals surface area contributed by atoms with Crippen molar-refractivity contribution in [2.45, 2.75) is 18.9 Å². The molecule has 10 heteroatoms. The highest BCUT2D eigenvalue weighted by Gasteiger charge is 2.32. The molecule has 0 bridgehead atoms. The maximum absolute atomic E-state index is 12.9. The van der Waals surface area contributed by atoms with Gasteiger partial charge in [-0.25, -0.2) is 4.79 Å². The Bertz CT molecular complexity index is 889. The van der Waals surface area contributed by atoms with Gasteiger partial charge in [0, 0.05) is 38.4 Å². The molecule has 0 saturated carbocycles. The summed E-state index contributed by atoms with van der Waals surface area (Å²) in [5.41, 5.74) is -0.778. The van der Waals surface area contributed by atoms with Crippen molar-refractivity contribution in [3.63, 3.8) is 0 Å². The van der Waals surface area contributed by atoms with E-state index in [-0.39, 0.29) is 19.6 Å². The molecule has 0 aliphatic carbocycles. The summed E-state index contributed by atoms with van der Waals surface area (Å²) in [6.45, 7) is 1.20. The zero-order valence-electron chi connectivity index (χ0n) is 15.7. The van der Waals surface area contributed by atoms with E-state index in [0.717, 1.165) is 24.3 Å². The largest absolute Gasteiger partial charge is 0.416 e. The second-order valence-corrected chi connectivity index (χ2v) is 6.88. The Morgan fingerprint density at radius 1 is 0.833 bits per heavy atom. The standard InChI is InChI=1S/C20H19F6N3O/c21-19(22,23)15-4-1-3-14(11-15)13-27-18(30)29-9-7-28(8-10-29)17-6-2-5-16(12-17)20(24,25)26/h1-6,11-12H,7-10,13H2,(H,27,30). The number of rotatable bonds is 3. The average Bonchev–Trinajstić information content (AvgIpc) is 2.71. The molecule has 2 amide bonds. The molecule has 0 spiro atoms. The number of nitrogens with one attached hydrogen (secondary N) is 1. The summed E-state index contributed by atoms with van der Waals surface area (Å²) >= 11 is 0. The predicted molar refractivity (Wildman–Crippen MR) is 98.9 cm³/mol. The van der Waals surface area contributed by atoms with Gasteiger partial charge in [0.15, 0.2) is 0 Å². The predicted octanol–water partition coefficient (Wildman–Crippen LogP) is 4.76. The summed E-state index contributed by atoms with van der Waals surface area (Å²) in [5.74, 6) is 0. The maximum atomic E-state index is 12.9. The van der Waals surface area contributed by atoms with Crippen molar-refractivity contribution < 1.29 is 31.1 Å². The van der Waals surface area contributed by atoms with Crippen LogP contribution in [0.5, 0.6) is 0 Å². The van der Waals surface area contributed by atoms with E-state index < -0.39 is 29.5 Å². The minimum Gasteiger partial charge on any atom is -0.368 e. The monoisotopic (exact) mass is 431 g/mol. The van der Waals surface area contributed by atoms with Gasteiger partial charge in [0.05, 0.1) is 11.1 Å². The van der Waals surface area contributed by atoms with Crippen molar-refractivity contribution in [1.29, 1.82) is 0 Å². The van der Waals surface area contributed by atoms with E-state index in [9.17, 15) is 31.1 Å². The van der Waals surface area contributed by atoms with Gasteiger partial charge < -0.3 is 15.1 Å². The molecule has 2 aromatic rings. The van der Waals surface area contributed by atoms with Crippen molar-refractivity contribution in [3.8, 4) is 0 Å². The highest BCUT2D eigenvalue weighted by molar-refractivity contribution is 5.74. The summed E-state index contributed by atoms with van der Waals surface area (Å²) in [5, 5.41) is 2.58. The lowest BCUT2D eigenvalue weighted by atomic mass is 10.1. The number of halogens is 6. The Kier molecular flexibility index (Phi) is 6.14. The zero-order chi connectivity index (χ0) is 21.9. The van der Waals surface area contributed by atoms with Gasteiger partial charge in [-0.3, -0.25) is 0 Å². The van der Waals surface area contributed by atoms with Gasteiger partial charge in [0.1, 0.15) is 0 Å². The minimum absolute atomic E-state index is 0.0589. The number of alkyl halides is 6. The van der Waals surface area contributed by atoms with Crippen LogP contribution >= 0.6 is 0 Å². The molecule has 0 radical (unpaired) electrons. The van der Waals surface area contributed by atoms with Gasteiger partial charge in [-0.15, -0.1) is 0 Å². The van der Waals surface area contributed by atoms with E-state index in [1.807, 2.05) is 0 Å². The average molecular weight is 431 g/mol. The second kappa shape index (κ2) is 8.45. The van der Waals surface area contributed by atoms with Crippen molar-refractivity contribution in [2.24, 2.45) is 0 Å². The van der Waals surface area contributed by atoms with Gasteiger partial charge in [-0.05, 0) is 35.9 Å². The van der Waals surface area contributed by atoms with E-state index in [4.69, 9.17) is 0 Å². The number of hydrogen-bond donors (Lipinski definition) is 1. The van der Waals surface area contributed by atoms with Crippen molar-refractivity contribution in [3.05, 3.63) is 65.2 Å². The summed E-state index contributed by atoms with van der Waals surface area (Å²) < 4.78 is 76.9. The highest BCUT2D eigenvalue weighted by atomic mass is 19.4. The molecule has 4 nitrogen and oxygen atoms in total. The fourth-order valence-electron chi connectivity index (χ4n) is 3.19. The van der Waals surface area contributed by atoms with E-state index in [2.05, 4.69) is 5.32 Å². The van der Waals surface area contributed by atoms with Crippen molar-refractivity contribution in [2.75, 3.05) is 31.1 Å². The topological polar surface area (TPSA) is 35.6 Å². The number of benzene rings is 2. The quantitative estimate of drug-likeness (QED) is 0.712. The first-order valence-electron chi connectivity index (χ1n) is 9.15. The van der Waals surface area contributed by atoms with Gasteiger partial charge in [-0.2, -0.15) is 26.3 Å². The van der Waals surface area contributed by atoms with E-state index >= 15 is 0 Å². The van der Waals surface area contributed by atoms with Crippen LogP contribution in [0.15, 0.2) is 48.5 Å².